The van der Waals surface area contributed by atoms with Crippen LogP contribution in [0.1, 0.15) is 85.0 Å². The number of hydrogen-bond acceptors (Lipinski definition) is 7. The van der Waals surface area contributed by atoms with E-state index in [1.807, 2.05) is 13.8 Å². The number of ketones is 1. The second-order valence-electron chi connectivity index (χ2n) is 10.3. The zero-order valence-electron chi connectivity index (χ0n) is 20.9. The van der Waals surface area contributed by atoms with Crippen LogP contribution in [0.5, 0.6) is 0 Å². The molecule has 8 heteroatoms. The third-order valence-electron chi connectivity index (χ3n) is 7.17. The molecule has 2 aliphatic heterocycles. The summed E-state index contributed by atoms with van der Waals surface area (Å²) in [5, 5.41) is 39.5. The van der Waals surface area contributed by atoms with Gasteiger partial charge in [-0.3, -0.25) is 9.59 Å². The Morgan fingerprint density at radius 1 is 0.971 bits per heavy atom. The molecule has 0 aromatic rings. The van der Waals surface area contributed by atoms with E-state index < -0.39 is 30.4 Å². The van der Waals surface area contributed by atoms with Crippen molar-refractivity contribution in [1.82, 2.24) is 0 Å². The molecule has 0 aromatic heterocycles. The van der Waals surface area contributed by atoms with Crippen LogP contribution >= 0.6 is 0 Å². The fraction of sp³-hybridized carbons (Fsp3) is 0.846. The maximum Gasteiger partial charge on any atom is 0.303 e. The minimum absolute atomic E-state index is 0.0183. The SMILES string of the molecule is CC(=CC(=O)CCCCCCCCC(=O)O)CC1OCC(CC2OC2C(C)C(C)O)C(O)C1O. The molecule has 8 atom stereocenters. The molecular weight excluding hydrogens is 440 g/mol. The summed E-state index contributed by atoms with van der Waals surface area (Å²) in [6.45, 7) is 5.85. The van der Waals surface area contributed by atoms with Crippen LogP contribution in [0.25, 0.3) is 0 Å². The fourth-order valence-electron chi connectivity index (χ4n) is 4.72. The standard InChI is InChI=1S/C26H44O8/c1-16(12-20(28)10-8-6-4-5-7-9-11-23(29)30)13-21-25(32)24(31)19(15-33-21)14-22-26(34-22)17(2)18(3)27/h12,17-19,21-22,24-27,31-32H,4-11,13-15H2,1-3H3,(H,29,30). The number of hydrogen-bond donors (Lipinski definition) is 4. The molecule has 34 heavy (non-hydrogen) atoms. The molecule has 0 aromatic carbocycles. The number of aliphatic carboxylic acids is 1. The Kier molecular flexibility index (Phi) is 12.2. The molecule has 0 saturated carbocycles. The molecule has 2 heterocycles. The molecule has 0 bridgehead atoms. The summed E-state index contributed by atoms with van der Waals surface area (Å²) in [4.78, 5) is 22.7. The third kappa shape index (κ3) is 9.74. The quantitative estimate of drug-likeness (QED) is 0.149. The van der Waals surface area contributed by atoms with Crippen molar-refractivity contribution in [1.29, 1.82) is 0 Å². The van der Waals surface area contributed by atoms with Crippen LogP contribution in [-0.2, 0) is 19.1 Å². The van der Waals surface area contributed by atoms with Gasteiger partial charge in [0.25, 0.3) is 0 Å². The molecule has 2 saturated heterocycles. The Hall–Kier alpha value is -1.32. The van der Waals surface area contributed by atoms with Crippen LogP contribution in [0.3, 0.4) is 0 Å². The Morgan fingerprint density at radius 3 is 2.21 bits per heavy atom. The molecule has 0 radical (unpaired) electrons. The zero-order chi connectivity index (χ0) is 25.3. The molecule has 2 aliphatic rings. The Balaban J connectivity index is 1.64. The lowest BCUT2D eigenvalue weighted by Gasteiger charge is -2.38. The third-order valence-corrected chi connectivity index (χ3v) is 7.17. The summed E-state index contributed by atoms with van der Waals surface area (Å²) in [5.74, 6) is -0.898. The first-order valence-electron chi connectivity index (χ1n) is 12.8. The Labute approximate surface area is 203 Å². The summed E-state index contributed by atoms with van der Waals surface area (Å²) in [6.07, 6.45) is 5.66. The van der Waals surface area contributed by atoms with Gasteiger partial charge in [0, 0.05) is 24.7 Å². The molecule has 0 amide bonds. The van der Waals surface area contributed by atoms with Gasteiger partial charge < -0.3 is 29.9 Å². The number of unbranched alkanes of at least 4 members (excludes halogenated alkanes) is 5. The van der Waals surface area contributed by atoms with E-state index in [0.29, 0.717) is 32.3 Å². The van der Waals surface area contributed by atoms with Crippen LogP contribution in [0.2, 0.25) is 0 Å². The van der Waals surface area contributed by atoms with E-state index in [0.717, 1.165) is 37.7 Å². The second-order valence-corrected chi connectivity index (χ2v) is 10.3. The highest BCUT2D eigenvalue weighted by molar-refractivity contribution is 5.90. The number of carboxylic acid groups (broad SMARTS) is 1. The van der Waals surface area contributed by atoms with Crippen LogP contribution in [0, 0.1) is 11.8 Å². The number of carbonyl (C=O) groups excluding carboxylic acids is 1. The summed E-state index contributed by atoms with van der Waals surface area (Å²) in [7, 11) is 0. The van der Waals surface area contributed by atoms with E-state index in [1.165, 1.54) is 0 Å². The van der Waals surface area contributed by atoms with E-state index in [-0.39, 0.29) is 36.2 Å². The molecular formula is C26H44O8. The first kappa shape index (κ1) is 28.9. The maximum absolute atomic E-state index is 12.2. The van der Waals surface area contributed by atoms with Gasteiger partial charge >= 0.3 is 5.97 Å². The Bertz CT molecular complexity index is 676. The van der Waals surface area contributed by atoms with Crippen LogP contribution in [0.4, 0.5) is 0 Å². The largest absolute Gasteiger partial charge is 0.481 e. The lowest BCUT2D eigenvalue weighted by molar-refractivity contribution is -0.165. The van der Waals surface area contributed by atoms with E-state index in [2.05, 4.69) is 0 Å². The highest BCUT2D eigenvalue weighted by Gasteiger charge is 2.48. The predicted octanol–water partition coefficient (Wildman–Crippen LogP) is 3.01. The molecule has 0 aliphatic carbocycles. The topological polar surface area (TPSA) is 137 Å². The van der Waals surface area contributed by atoms with E-state index in [9.17, 15) is 24.9 Å². The molecule has 0 spiro atoms. The van der Waals surface area contributed by atoms with Gasteiger partial charge in [0.1, 0.15) is 6.10 Å². The monoisotopic (exact) mass is 484 g/mol. The summed E-state index contributed by atoms with van der Waals surface area (Å²) in [6, 6.07) is 0. The smallest absolute Gasteiger partial charge is 0.303 e. The number of rotatable bonds is 16. The molecule has 4 N–H and O–H groups in total. The van der Waals surface area contributed by atoms with Crippen LogP contribution in [0.15, 0.2) is 11.6 Å². The summed E-state index contributed by atoms with van der Waals surface area (Å²) in [5.41, 5.74) is 0.824. The van der Waals surface area contributed by atoms with Crippen LogP contribution < -0.4 is 0 Å². The zero-order valence-corrected chi connectivity index (χ0v) is 20.9. The average Bonchev–Trinajstić information content (AvgIpc) is 3.53. The predicted molar refractivity (Wildman–Crippen MR) is 127 cm³/mol. The number of ether oxygens (including phenoxy) is 2. The van der Waals surface area contributed by atoms with E-state index >= 15 is 0 Å². The highest BCUT2D eigenvalue weighted by atomic mass is 16.6. The molecule has 8 unspecified atom stereocenters. The number of allylic oxidation sites excluding steroid dienone is 1. The van der Waals surface area contributed by atoms with Gasteiger partial charge in [-0.15, -0.1) is 0 Å². The molecule has 196 valence electrons. The van der Waals surface area contributed by atoms with Crippen molar-refractivity contribution in [2.75, 3.05) is 6.61 Å². The number of epoxide rings is 1. The number of carbonyl (C=O) groups is 2. The minimum Gasteiger partial charge on any atom is -0.481 e. The van der Waals surface area contributed by atoms with Crippen molar-refractivity contribution in [2.45, 2.75) is 122 Å². The highest BCUT2D eigenvalue weighted by Crippen LogP contribution is 2.38. The van der Waals surface area contributed by atoms with E-state index in [4.69, 9.17) is 14.6 Å². The summed E-state index contributed by atoms with van der Waals surface area (Å²) >= 11 is 0. The van der Waals surface area contributed by atoms with E-state index in [1.54, 1.807) is 13.0 Å². The maximum atomic E-state index is 12.2. The van der Waals surface area contributed by atoms with Crippen molar-refractivity contribution in [2.24, 2.45) is 11.8 Å². The lowest BCUT2D eigenvalue weighted by Crippen LogP contribution is -2.50. The van der Waals surface area contributed by atoms with Gasteiger partial charge in [0.15, 0.2) is 5.78 Å². The van der Waals surface area contributed by atoms with Crippen molar-refractivity contribution in [3.63, 3.8) is 0 Å². The van der Waals surface area contributed by atoms with Crippen molar-refractivity contribution < 1.29 is 39.5 Å². The van der Waals surface area contributed by atoms with Gasteiger partial charge in [0.05, 0.1) is 37.1 Å². The molecule has 8 nitrogen and oxygen atoms in total. The van der Waals surface area contributed by atoms with Crippen LogP contribution in [-0.4, -0.2) is 75.4 Å². The number of carboxylic acids is 1. The Morgan fingerprint density at radius 2 is 1.59 bits per heavy atom. The fourth-order valence-corrected chi connectivity index (χ4v) is 4.72. The number of aliphatic hydroxyl groups is 3. The number of aliphatic hydroxyl groups excluding tert-OH is 3. The minimum atomic E-state index is -1.02. The van der Waals surface area contributed by atoms with Crippen molar-refractivity contribution in [3.8, 4) is 0 Å². The van der Waals surface area contributed by atoms with Gasteiger partial charge in [-0.2, -0.15) is 0 Å². The average molecular weight is 485 g/mol. The first-order chi connectivity index (χ1) is 16.1. The lowest BCUT2D eigenvalue weighted by atomic mass is 9.85. The van der Waals surface area contributed by atoms with Crippen molar-refractivity contribution in [3.05, 3.63) is 11.6 Å². The first-order valence-corrected chi connectivity index (χ1v) is 12.8. The van der Waals surface area contributed by atoms with Gasteiger partial charge in [-0.05, 0) is 45.6 Å². The summed E-state index contributed by atoms with van der Waals surface area (Å²) < 4.78 is 11.5. The normalized spacial score (nSPS) is 31.2. The molecule has 2 rings (SSSR count). The van der Waals surface area contributed by atoms with Gasteiger partial charge in [-0.1, -0.05) is 38.2 Å². The van der Waals surface area contributed by atoms with Gasteiger partial charge in [0.2, 0.25) is 0 Å². The van der Waals surface area contributed by atoms with Crippen molar-refractivity contribution >= 4 is 11.8 Å². The molecule has 2 fully saturated rings. The second kappa shape index (κ2) is 14.3. The van der Waals surface area contributed by atoms with Gasteiger partial charge in [-0.25, -0.2) is 0 Å².